The van der Waals surface area contributed by atoms with Gasteiger partial charge >= 0.3 is 6.03 Å². The summed E-state index contributed by atoms with van der Waals surface area (Å²) in [5.74, 6) is 1.03. The van der Waals surface area contributed by atoms with Crippen molar-refractivity contribution in [2.45, 2.75) is 18.9 Å². The molecular formula is C14H13N7OS. The Hall–Kier alpha value is -2.68. The molecule has 0 aliphatic heterocycles. The molecule has 0 saturated heterocycles. The Morgan fingerprint density at radius 2 is 2.17 bits per heavy atom. The zero-order valence-electron chi connectivity index (χ0n) is 12.0. The van der Waals surface area contributed by atoms with E-state index in [0.717, 1.165) is 12.8 Å². The van der Waals surface area contributed by atoms with Gasteiger partial charge in [-0.3, -0.25) is 14.6 Å². The Morgan fingerprint density at radius 3 is 2.91 bits per heavy atom. The highest BCUT2D eigenvalue weighted by molar-refractivity contribution is 7.78. The van der Waals surface area contributed by atoms with E-state index in [0.29, 0.717) is 28.5 Å². The van der Waals surface area contributed by atoms with Crippen LogP contribution in [0.5, 0.6) is 0 Å². The van der Waals surface area contributed by atoms with Crippen LogP contribution in [-0.4, -0.2) is 41.3 Å². The zero-order chi connectivity index (χ0) is 15.8. The molecule has 0 spiro atoms. The third-order valence-electron chi connectivity index (χ3n) is 3.48. The third-order valence-corrected chi connectivity index (χ3v) is 3.99. The average molecular weight is 327 g/mol. The van der Waals surface area contributed by atoms with Crippen molar-refractivity contribution in [3.63, 3.8) is 0 Å². The number of hydrogen-bond donors (Lipinski definition) is 3. The first-order chi connectivity index (χ1) is 11.2. The van der Waals surface area contributed by atoms with Gasteiger partial charge in [0.1, 0.15) is 17.0 Å². The molecule has 1 saturated carbocycles. The predicted molar refractivity (Wildman–Crippen MR) is 87.8 cm³/mol. The number of thiol groups is 1. The number of aromatic amines is 1. The molecule has 9 heteroatoms. The van der Waals surface area contributed by atoms with E-state index in [1.807, 2.05) is 0 Å². The lowest BCUT2D eigenvalue weighted by Crippen LogP contribution is -2.29. The lowest BCUT2D eigenvalue weighted by atomic mass is 10.3. The molecule has 4 rings (SSSR count). The Kier molecular flexibility index (Phi) is 3.34. The molecule has 23 heavy (non-hydrogen) atoms. The van der Waals surface area contributed by atoms with E-state index in [1.165, 1.54) is 4.31 Å². The lowest BCUT2D eigenvalue weighted by Gasteiger charge is -2.15. The van der Waals surface area contributed by atoms with Crippen molar-refractivity contribution in [1.29, 1.82) is 0 Å². The van der Waals surface area contributed by atoms with Crippen LogP contribution in [0, 0.1) is 0 Å². The fraction of sp³-hybridized carbons (Fsp3) is 0.214. The number of urea groups is 1. The Morgan fingerprint density at radius 1 is 1.30 bits per heavy atom. The van der Waals surface area contributed by atoms with Crippen LogP contribution in [0.15, 0.2) is 30.7 Å². The predicted octanol–water partition coefficient (Wildman–Crippen LogP) is 2.26. The minimum Gasteiger partial charge on any atom is -0.343 e. The van der Waals surface area contributed by atoms with Crippen LogP contribution in [0.2, 0.25) is 0 Å². The van der Waals surface area contributed by atoms with Crippen LogP contribution < -0.4 is 5.32 Å². The number of pyridine rings is 1. The third kappa shape index (κ3) is 2.82. The summed E-state index contributed by atoms with van der Waals surface area (Å²) in [4.78, 5) is 32.2. The first kappa shape index (κ1) is 13.9. The number of nitrogens with one attached hydrogen (secondary N) is 2. The van der Waals surface area contributed by atoms with Crippen LogP contribution in [0.25, 0.3) is 22.7 Å². The van der Waals surface area contributed by atoms with Crippen LogP contribution in [0.1, 0.15) is 12.8 Å². The fourth-order valence-electron chi connectivity index (χ4n) is 2.14. The molecule has 0 atom stereocenters. The minimum absolute atomic E-state index is 0.212. The van der Waals surface area contributed by atoms with Gasteiger partial charge in [0.05, 0.1) is 6.20 Å². The van der Waals surface area contributed by atoms with Crippen LogP contribution in [0.4, 0.5) is 10.6 Å². The molecule has 2 amide bonds. The van der Waals surface area contributed by atoms with Crippen molar-refractivity contribution in [3.05, 3.63) is 30.7 Å². The molecule has 2 N–H and O–H groups in total. The molecule has 3 aromatic heterocycles. The molecule has 3 aromatic rings. The van der Waals surface area contributed by atoms with E-state index in [-0.39, 0.29) is 12.1 Å². The summed E-state index contributed by atoms with van der Waals surface area (Å²) < 4.78 is 1.40. The standard InChI is InChI=1S/C14H13N7OS/c22-14(21(23)8-1-2-8)20-11-4-3-9-13(19-11)18-10(7-17-9)12-15-5-6-16-12/h3-8,23H,1-2H2,(H,15,16)(H,18,19,20,22). The molecule has 8 nitrogen and oxygen atoms in total. The van der Waals surface area contributed by atoms with Gasteiger partial charge in [-0.2, -0.15) is 0 Å². The van der Waals surface area contributed by atoms with E-state index >= 15 is 0 Å². The minimum atomic E-state index is -0.294. The number of anilines is 1. The SMILES string of the molecule is O=C(Nc1ccc2ncc(-c3ncc[nH]3)nc2n1)N(S)C1CC1. The molecular weight excluding hydrogens is 314 g/mol. The summed E-state index contributed by atoms with van der Waals surface area (Å²) in [6.45, 7) is 0. The molecule has 0 unspecified atom stereocenters. The molecule has 3 heterocycles. The summed E-state index contributed by atoms with van der Waals surface area (Å²) in [6, 6.07) is 3.37. The first-order valence-electron chi connectivity index (χ1n) is 7.13. The quantitative estimate of drug-likeness (QED) is 0.641. The van der Waals surface area contributed by atoms with Gasteiger partial charge < -0.3 is 4.98 Å². The zero-order valence-corrected chi connectivity index (χ0v) is 12.9. The Bertz CT molecular complexity index is 863. The van der Waals surface area contributed by atoms with Gasteiger partial charge in [0.15, 0.2) is 11.5 Å². The van der Waals surface area contributed by atoms with Gasteiger partial charge in [-0.05, 0) is 25.0 Å². The van der Waals surface area contributed by atoms with Gasteiger partial charge in [-0.1, -0.05) is 12.8 Å². The number of H-pyrrole nitrogens is 1. The smallest absolute Gasteiger partial charge is 0.333 e. The monoisotopic (exact) mass is 327 g/mol. The number of fused-ring (bicyclic) bond motifs is 1. The number of amides is 2. The molecule has 1 aliphatic carbocycles. The summed E-state index contributed by atoms with van der Waals surface area (Å²) >= 11 is 4.20. The van der Waals surface area contributed by atoms with Gasteiger partial charge in [-0.25, -0.2) is 19.7 Å². The maximum atomic E-state index is 12.0. The molecule has 116 valence electrons. The number of carbonyl (C=O) groups excluding carboxylic acids is 1. The highest BCUT2D eigenvalue weighted by Crippen LogP contribution is 2.28. The number of hydrogen-bond acceptors (Lipinski definition) is 6. The molecule has 1 aliphatic rings. The largest absolute Gasteiger partial charge is 0.343 e. The van der Waals surface area contributed by atoms with E-state index in [9.17, 15) is 4.79 Å². The van der Waals surface area contributed by atoms with Crippen molar-refractivity contribution >= 4 is 35.8 Å². The maximum Gasteiger partial charge on any atom is 0.333 e. The second-order valence-corrected chi connectivity index (χ2v) is 5.67. The molecule has 0 radical (unpaired) electrons. The average Bonchev–Trinajstić information content (AvgIpc) is 3.27. The summed E-state index contributed by atoms with van der Waals surface area (Å²) in [5.41, 5.74) is 1.67. The summed E-state index contributed by atoms with van der Waals surface area (Å²) in [7, 11) is 0. The van der Waals surface area contributed by atoms with Crippen molar-refractivity contribution < 1.29 is 4.79 Å². The first-order valence-corrected chi connectivity index (χ1v) is 7.53. The van der Waals surface area contributed by atoms with E-state index in [2.05, 4.69) is 43.1 Å². The highest BCUT2D eigenvalue weighted by atomic mass is 32.1. The number of nitrogens with zero attached hydrogens (tertiary/aromatic N) is 5. The molecule has 0 bridgehead atoms. The van der Waals surface area contributed by atoms with Gasteiger partial charge in [-0.15, -0.1) is 0 Å². The van der Waals surface area contributed by atoms with Gasteiger partial charge in [0.2, 0.25) is 0 Å². The normalized spacial score (nSPS) is 14.0. The molecule has 1 fully saturated rings. The Balaban J connectivity index is 1.62. The van der Waals surface area contributed by atoms with E-state index < -0.39 is 0 Å². The number of rotatable bonds is 3. The second-order valence-electron chi connectivity index (χ2n) is 5.24. The summed E-state index contributed by atoms with van der Waals surface area (Å²) in [5, 5.41) is 2.72. The second kappa shape index (κ2) is 5.51. The van der Waals surface area contributed by atoms with Crippen molar-refractivity contribution in [1.82, 2.24) is 29.2 Å². The number of aromatic nitrogens is 5. The summed E-state index contributed by atoms with van der Waals surface area (Å²) in [6.07, 6.45) is 6.96. The molecule has 0 aromatic carbocycles. The lowest BCUT2D eigenvalue weighted by molar-refractivity contribution is 0.238. The Labute approximate surface area is 136 Å². The topological polar surface area (TPSA) is 99.7 Å². The van der Waals surface area contributed by atoms with Gasteiger partial charge in [0.25, 0.3) is 0 Å². The van der Waals surface area contributed by atoms with E-state index in [4.69, 9.17) is 0 Å². The van der Waals surface area contributed by atoms with Crippen LogP contribution in [-0.2, 0) is 0 Å². The van der Waals surface area contributed by atoms with E-state index in [1.54, 1.807) is 30.7 Å². The van der Waals surface area contributed by atoms with Crippen molar-refractivity contribution in [3.8, 4) is 11.5 Å². The maximum absolute atomic E-state index is 12.0. The fourth-order valence-corrected chi connectivity index (χ4v) is 2.42. The van der Waals surface area contributed by atoms with Crippen LogP contribution in [0.3, 0.4) is 0 Å². The highest BCUT2D eigenvalue weighted by Gasteiger charge is 2.30. The number of imidazole rings is 1. The van der Waals surface area contributed by atoms with Crippen LogP contribution >= 0.6 is 12.8 Å². The number of carbonyl (C=O) groups is 1. The van der Waals surface area contributed by atoms with Crippen molar-refractivity contribution in [2.75, 3.05) is 5.32 Å². The van der Waals surface area contributed by atoms with Crippen molar-refractivity contribution in [2.24, 2.45) is 0 Å². The van der Waals surface area contributed by atoms with Gasteiger partial charge in [0, 0.05) is 18.4 Å².